The molecule has 0 aromatic carbocycles. The van der Waals surface area contributed by atoms with Crippen molar-refractivity contribution >= 4 is 5.96 Å². The predicted octanol–water partition coefficient (Wildman–Crippen LogP) is 2.85. The average Bonchev–Trinajstić information content (AvgIpc) is 3.32. The zero-order valence-corrected chi connectivity index (χ0v) is 16.5. The second-order valence-electron chi connectivity index (χ2n) is 7.13. The Bertz CT molecular complexity index is 496. The summed E-state index contributed by atoms with van der Waals surface area (Å²) in [6.45, 7) is 11.3. The maximum absolute atomic E-state index is 5.83. The van der Waals surface area contributed by atoms with E-state index in [-0.39, 0.29) is 6.10 Å². The molecular weight excluding hydrogens is 330 g/mol. The molecule has 148 valence electrons. The Balaban J connectivity index is 1.79. The van der Waals surface area contributed by atoms with Crippen LogP contribution in [0.1, 0.15) is 39.4 Å². The number of hydrogen-bond donors (Lipinski definition) is 2. The molecule has 1 aliphatic heterocycles. The first-order valence-corrected chi connectivity index (χ1v) is 9.93. The fraction of sp³-hybridized carbons (Fsp3) is 0.750. The number of furan rings is 1. The summed E-state index contributed by atoms with van der Waals surface area (Å²) in [4.78, 5) is 4.76. The van der Waals surface area contributed by atoms with Crippen LogP contribution < -0.4 is 10.6 Å². The zero-order valence-electron chi connectivity index (χ0n) is 16.5. The Labute approximate surface area is 157 Å². The summed E-state index contributed by atoms with van der Waals surface area (Å²) in [6, 6.07) is 3.92. The molecule has 0 spiro atoms. The summed E-state index contributed by atoms with van der Waals surface area (Å²) in [6.07, 6.45) is 4.90. The van der Waals surface area contributed by atoms with Gasteiger partial charge in [-0.15, -0.1) is 0 Å². The van der Waals surface area contributed by atoms with Gasteiger partial charge in [0.25, 0.3) is 0 Å². The Morgan fingerprint density at radius 2 is 2.19 bits per heavy atom. The van der Waals surface area contributed by atoms with Crippen molar-refractivity contribution in [2.45, 2.75) is 46.1 Å². The highest BCUT2D eigenvalue weighted by molar-refractivity contribution is 5.79. The number of aliphatic imine (C=N–C) groups is 1. The smallest absolute Gasteiger partial charge is 0.191 e. The van der Waals surface area contributed by atoms with Gasteiger partial charge >= 0.3 is 0 Å². The lowest BCUT2D eigenvalue weighted by Crippen LogP contribution is -2.40. The molecule has 2 N–H and O–H groups in total. The Morgan fingerprint density at radius 3 is 2.85 bits per heavy atom. The van der Waals surface area contributed by atoms with Crippen LogP contribution in [0.25, 0.3) is 0 Å². The Hall–Kier alpha value is -1.53. The number of nitrogens with one attached hydrogen (secondary N) is 2. The number of hydrogen-bond acceptors (Lipinski definition) is 4. The minimum atomic E-state index is 0.278. The summed E-state index contributed by atoms with van der Waals surface area (Å²) in [5, 5.41) is 6.87. The van der Waals surface area contributed by atoms with Gasteiger partial charge in [-0.1, -0.05) is 13.8 Å². The highest BCUT2D eigenvalue weighted by Gasteiger charge is 2.16. The molecule has 0 aliphatic carbocycles. The maximum Gasteiger partial charge on any atom is 0.191 e. The maximum atomic E-state index is 5.83. The van der Waals surface area contributed by atoms with Crippen LogP contribution in [0.3, 0.4) is 0 Å². The van der Waals surface area contributed by atoms with E-state index >= 15 is 0 Å². The van der Waals surface area contributed by atoms with Gasteiger partial charge in [-0.25, -0.2) is 0 Å². The van der Waals surface area contributed by atoms with Gasteiger partial charge in [0.2, 0.25) is 0 Å². The van der Waals surface area contributed by atoms with Gasteiger partial charge in [0.15, 0.2) is 5.96 Å². The van der Waals surface area contributed by atoms with Crippen LogP contribution in [0.15, 0.2) is 27.8 Å². The largest absolute Gasteiger partial charge is 0.469 e. The van der Waals surface area contributed by atoms with Crippen LogP contribution in [-0.2, 0) is 15.9 Å². The third-order valence-corrected chi connectivity index (χ3v) is 4.62. The van der Waals surface area contributed by atoms with Gasteiger partial charge in [-0.2, -0.15) is 0 Å². The van der Waals surface area contributed by atoms with Crippen molar-refractivity contribution in [3.63, 3.8) is 0 Å². The number of guanidine groups is 1. The lowest BCUT2D eigenvalue weighted by Gasteiger charge is -2.21. The molecule has 0 saturated carbocycles. The van der Waals surface area contributed by atoms with E-state index in [1.807, 2.05) is 12.1 Å². The van der Waals surface area contributed by atoms with Crippen molar-refractivity contribution in [2.75, 3.05) is 39.5 Å². The molecule has 1 aromatic heterocycles. The Kier molecular flexibility index (Phi) is 9.56. The van der Waals surface area contributed by atoms with E-state index in [1.54, 1.807) is 6.26 Å². The fourth-order valence-electron chi connectivity index (χ4n) is 3.04. The minimum absolute atomic E-state index is 0.278. The van der Waals surface area contributed by atoms with Crippen LogP contribution in [0, 0.1) is 11.8 Å². The van der Waals surface area contributed by atoms with Crippen molar-refractivity contribution in [1.29, 1.82) is 0 Å². The van der Waals surface area contributed by atoms with Crippen molar-refractivity contribution < 1.29 is 13.9 Å². The molecule has 1 saturated heterocycles. The van der Waals surface area contributed by atoms with Crippen LogP contribution in [0.2, 0.25) is 0 Å². The van der Waals surface area contributed by atoms with Gasteiger partial charge in [-0.3, -0.25) is 4.99 Å². The first-order chi connectivity index (χ1) is 12.7. The lowest BCUT2D eigenvalue weighted by molar-refractivity contribution is 0.0258. The second-order valence-corrected chi connectivity index (χ2v) is 7.13. The van der Waals surface area contributed by atoms with Crippen LogP contribution in [0.5, 0.6) is 0 Å². The zero-order chi connectivity index (χ0) is 18.6. The standard InChI is InChI=1S/C20H35N3O3/c1-4-25-19(16(2)3)8-11-22-20(23-14-17-9-13-24-15-17)21-10-7-18-6-5-12-26-18/h5-6,12,16-17,19H,4,7-11,13-15H2,1-3H3,(H2,21,22,23). The molecular formula is C20H35N3O3. The van der Waals surface area contributed by atoms with E-state index < -0.39 is 0 Å². The van der Waals surface area contributed by atoms with E-state index in [9.17, 15) is 0 Å². The van der Waals surface area contributed by atoms with Crippen molar-refractivity contribution in [1.82, 2.24) is 10.6 Å². The van der Waals surface area contributed by atoms with Gasteiger partial charge in [0.05, 0.1) is 19.0 Å². The molecule has 2 unspecified atom stereocenters. The molecule has 0 radical (unpaired) electrons. The first kappa shape index (κ1) is 20.8. The molecule has 1 fully saturated rings. The summed E-state index contributed by atoms with van der Waals surface area (Å²) >= 11 is 0. The summed E-state index contributed by atoms with van der Waals surface area (Å²) < 4.78 is 16.7. The van der Waals surface area contributed by atoms with Gasteiger partial charge in [0.1, 0.15) is 5.76 Å². The molecule has 6 nitrogen and oxygen atoms in total. The summed E-state index contributed by atoms with van der Waals surface area (Å²) in [7, 11) is 0. The highest BCUT2D eigenvalue weighted by atomic mass is 16.5. The van der Waals surface area contributed by atoms with Crippen molar-refractivity contribution in [3.05, 3.63) is 24.2 Å². The highest BCUT2D eigenvalue weighted by Crippen LogP contribution is 2.12. The predicted molar refractivity (Wildman–Crippen MR) is 105 cm³/mol. The van der Waals surface area contributed by atoms with E-state index in [0.29, 0.717) is 11.8 Å². The van der Waals surface area contributed by atoms with E-state index in [2.05, 4.69) is 31.4 Å². The number of nitrogens with zero attached hydrogens (tertiary/aromatic N) is 1. The third kappa shape index (κ3) is 7.79. The quantitative estimate of drug-likeness (QED) is 0.466. The van der Waals surface area contributed by atoms with Crippen molar-refractivity contribution in [3.8, 4) is 0 Å². The van der Waals surface area contributed by atoms with Gasteiger partial charge in [-0.05, 0) is 37.8 Å². The van der Waals surface area contributed by atoms with Crippen molar-refractivity contribution in [2.24, 2.45) is 16.8 Å². The van der Waals surface area contributed by atoms with Gasteiger partial charge < -0.3 is 24.5 Å². The molecule has 0 bridgehead atoms. The lowest BCUT2D eigenvalue weighted by atomic mass is 10.0. The average molecular weight is 366 g/mol. The molecule has 2 rings (SSSR count). The normalized spacial score (nSPS) is 19.1. The summed E-state index contributed by atoms with van der Waals surface area (Å²) in [5.41, 5.74) is 0. The molecule has 6 heteroatoms. The second kappa shape index (κ2) is 12.0. The molecule has 2 heterocycles. The molecule has 26 heavy (non-hydrogen) atoms. The van der Waals surface area contributed by atoms with Gasteiger partial charge in [0, 0.05) is 45.2 Å². The van der Waals surface area contributed by atoms with Crippen LogP contribution >= 0.6 is 0 Å². The minimum Gasteiger partial charge on any atom is -0.469 e. The number of rotatable bonds is 11. The van der Waals surface area contributed by atoms with E-state index in [1.165, 1.54) is 0 Å². The number of ether oxygens (including phenoxy) is 2. The summed E-state index contributed by atoms with van der Waals surface area (Å²) in [5.74, 6) is 2.89. The SMILES string of the molecule is CCOC(CCNC(=NCC1CCOC1)NCCc1ccco1)C(C)C. The molecule has 2 atom stereocenters. The van der Waals surface area contributed by atoms with E-state index in [4.69, 9.17) is 18.9 Å². The van der Waals surface area contributed by atoms with Crippen LogP contribution in [0.4, 0.5) is 0 Å². The topological polar surface area (TPSA) is 68.0 Å². The monoisotopic (exact) mass is 365 g/mol. The fourth-order valence-corrected chi connectivity index (χ4v) is 3.04. The molecule has 1 aliphatic rings. The third-order valence-electron chi connectivity index (χ3n) is 4.62. The van der Waals surface area contributed by atoms with E-state index in [0.717, 1.165) is 70.4 Å². The first-order valence-electron chi connectivity index (χ1n) is 9.93. The van der Waals surface area contributed by atoms with Crippen LogP contribution in [-0.4, -0.2) is 51.5 Å². The Morgan fingerprint density at radius 1 is 1.35 bits per heavy atom. The molecule has 0 amide bonds. The molecule has 1 aromatic rings.